The molecule has 0 bridgehead atoms. The minimum Gasteiger partial charge on any atom is -0.360 e. The van der Waals surface area contributed by atoms with E-state index in [9.17, 15) is 9.18 Å². The molecule has 1 heterocycles. The topological polar surface area (TPSA) is 36.8 Å². The molecule has 1 saturated heterocycles. The van der Waals surface area contributed by atoms with Crippen molar-refractivity contribution in [2.75, 3.05) is 37.6 Å². The van der Waals surface area contributed by atoms with Gasteiger partial charge in [-0.1, -0.05) is 29.3 Å². The molecule has 2 aromatic carbocycles. The number of nitrogens with one attached hydrogen (secondary N) is 2. The third-order valence-electron chi connectivity index (χ3n) is 4.89. The largest absolute Gasteiger partial charge is 0.360 e. The second-order valence-electron chi connectivity index (χ2n) is 6.85. The molecule has 0 unspecified atom stereocenters. The molecule has 1 atom stereocenters. The van der Waals surface area contributed by atoms with Gasteiger partial charge < -0.3 is 15.1 Å². The van der Waals surface area contributed by atoms with Gasteiger partial charge in [0.25, 0.3) is 5.91 Å². The zero-order valence-electron chi connectivity index (χ0n) is 15.1. The number of carbonyl (C=O) groups is 1. The molecule has 1 fully saturated rings. The van der Waals surface area contributed by atoms with E-state index in [1.165, 1.54) is 17.0 Å². The van der Waals surface area contributed by atoms with E-state index in [0.717, 1.165) is 37.4 Å². The highest BCUT2D eigenvalue weighted by molar-refractivity contribution is 6.42. The molecule has 4 nitrogen and oxygen atoms in total. The number of quaternary nitrogens is 1. The molecule has 2 aromatic rings. The fourth-order valence-electron chi connectivity index (χ4n) is 3.29. The maximum Gasteiger partial charge on any atom is 0.275 e. The van der Waals surface area contributed by atoms with Crippen LogP contribution in [0.2, 0.25) is 10.0 Å². The summed E-state index contributed by atoms with van der Waals surface area (Å²) in [5.74, 6) is -0.213. The molecule has 0 saturated carbocycles. The van der Waals surface area contributed by atoms with E-state index in [-0.39, 0.29) is 17.8 Å². The minimum atomic E-state index is -0.226. The lowest BCUT2D eigenvalue weighted by molar-refractivity contribution is -0.892. The number of hydrogen-bond acceptors (Lipinski definition) is 2. The van der Waals surface area contributed by atoms with Crippen LogP contribution in [-0.4, -0.2) is 38.6 Å². The predicted octanol–water partition coefficient (Wildman–Crippen LogP) is 2.71. The summed E-state index contributed by atoms with van der Waals surface area (Å²) in [5, 5.41) is 4.01. The van der Waals surface area contributed by atoms with Crippen molar-refractivity contribution >= 4 is 34.8 Å². The Hall–Kier alpha value is -1.82. The first-order valence-corrected chi connectivity index (χ1v) is 9.76. The summed E-state index contributed by atoms with van der Waals surface area (Å²) in [6.07, 6.45) is 0. The van der Waals surface area contributed by atoms with Crippen molar-refractivity contribution in [3.63, 3.8) is 0 Å². The second-order valence-corrected chi connectivity index (χ2v) is 7.67. The monoisotopic (exact) mass is 410 g/mol. The Labute approximate surface area is 168 Å². The van der Waals surface area contributed by atoms with Crippen molar-refractivity contribution in [1.82, 2.24) is 5.32 Å². The molecule has 3 rings (SSSR count). The lowest BCUT2D eigenvalue weighted by atomic mass is 10.1. The van der Waals surface area contributed by atoms with Gasteiger partial charge in [0.05, 0.1) is 42.3 Å². The molecule has 0 radical (unpaired) electrons. The molecule has 0 spiro atoms. The van der Waals surface area contributed by atoms with E-state index < -0.39 is 0 Å². The molecule has 0 aromatic heterocycles. The molecule has 1 aliphatic rings. The average molecular weight is 411 g/mol. The number of nitrogens with zero attached hydrogens (tertiary/aromatic N) is 1. The Morgan fingerprint density at radius 3 is 2.44 bits per heavy atom. The molecule has 0 aliphatic carbocycles. The number of carbonyl (C=O) groups excluding carboxylic acids is 1. The van der Waals surface area contributed by atoms with Gasteiger partial charge in [-0.3, -0.25) is 4.79 Å². The van der Waals surface area contributed by atoms with Crippen LogP contribution in [0.5, 0.6) is 0 Å². The lowest BCUT2D eigenvalue weighted by Crippen LogP contribution is -3.15. The first-order chi connectivity index (χ1) is 12.9. The Balaban J connectivity index is 1.47. The highest BCUT2D eigenvalue weighted by Crippen LogP contribution is 2.25. The fourth-order valence-corrected chi connectivity index (χ4v) is 3.60. The molecule has 1 aliphatic heterocycles. The number of hydrogen-bond donors (Lipinski definition) is 2. The van der Waals surface area contributed by atoms with Crippen LogP contribution < -0.4 is 15.1 Å². The zero-order valence-corrected chi connectivity index (χ0v) is 16.7. The van der Waals surface area contributed by atoms with E-state index >= 15 is 0 Å². The lowest BCUT2D eigenvalue weighted by Gasteiger charge is -2.33. The van der Waals surface area contributed by atoms with Crippen LogP contribution in [-0.2, 0) is 4.79 Å². The maximum absolute atomic E-state index is 13.0. The van der Waals surface area contributed by atoms with Gasteiger partial charge in [-0.25, -0.2) is 4.39 Å². The van der Waals surface area contributed by atoms with Crippen LogP contribution in [0.4, 0.5) is 10.1 Å². The van der Waals surface area contributed by atoms with Crippen LogP contribution in [0.3, 0.4) is 0 Å². The first-order valence-electron chi connectivity index (χ1n) is 9.01. The summed E-state index contributed by atoms with van der Waals surface area (Å²) < 4.78 is 13.0. The Morgan fingerprint density at radius 2 is 1.81 bits per heavy atom. The second kappa shape index (κ2) is 8.91. The van der Waals surface area contributed by atoms with Crippen molar-refractivity contribution in [3.8, 4) is 0 Å². The fraction of sp³-hybridized carbons (Fsp3) is 0.350. The standard InChI is InChI=1S/C20H22Cl2FN3O/c1-14(15-2-7-18(21)19(22)12-15)24-20(27)13-25-8-10-26(11-9-25)17-5-3-16(23)4-6-17/h2-7,12,14H,8-11,13H2,1H3,(H,24,27)/p+1/t14-/m0/s1. The number of piperazine rings is 1. The van der Waals surface area contributed by atoms with Crippen molar-refractivity contribution in [3.05, 3.63) is 63.9 Å². The first kappa shape index (κ1) is 19.9. The molecule has 7 heteroatoms. The van der Waals surface area contributed by atoms with Crippen molar-refractivity contribution in [2.24, 2.45) is 0 Å². The minimum absolute atomic E-state index is 0.0128. The van der Waals surface area contributed by atoms with Crippen molar-refractivity contribution in [2.45, 2.75) is 13.0 Å². The summed E-state index contributed by atoms with van der Waals surface area (Å²) >= 11 is 12.0. The average Bonchev–Trinajstić information content (AvgIpc) is 2.65. The normalized spacial score (nSPS) is 16.2. The van der Waals surface area contributed by atoms with E-state index in [1.54, 1.807) is 24.3 Å². The third kappa shape index (κ3) is 5.34. The van der Waals surface area contributed by atoms with Gasteiger partial charge in [0.15, 0.2) is 6.54 Å². The number of halogens is 3. The van der Waals surface area contributed by atoms with Gasteiger partial charge >= 0.3 is 0 Å². The SMILES string of the molecule is C[C@H](NC(=O)C[NH+]1CCN(c2ccc(F)cc2)CC1)c1ccc(Cl)c(Cl)c1. The van der Waals surface area contributed by atoms with Gasteiger partial charge in [0.1, 0.15) is 5.82 Å². The zero-order chi connectivity index (χ0) is 19.4. The molecular weight excluding hydrogens is 388 g/mol. The molecular formula is C20H23Cl2FN3O+. The quantitative estimate of drug-likeness (QED) is 0.794. The Kier molecular flexibility index (Phi) is 6.58. The van der Waals surface area contributed by atoms with Crippen LogP contribution in [0.1, 0.15) is 18.5 Å². The Bertz CT molecular complexity index is 792. The van der Waals surface area contributed by atoms with Gasteiger partial charge in [0, 0.05) is 5.69 Å². The van der Waals surface area contributed by atoms with Gasteiger partial charge in [-0.2, -0.15) is 0 Å². The van der Waals surface area contributed by atoms with Gasteiger partial charge in [-0.15, -0.1) is 0 Å². The maximum atomic E-state index is 13.0. The summed E-state index contributed by atoms with van der Waals surface area (Å²) in [7, 11) is 0. The van der Waals surface area contributed by atoms with E-state index in [0.29, 0.717) is 16.6 Å². The van der Waals surface area contributed by atoms with Gasteiger partial charge in [-0.05, 0) is 48.9 Å². The van der Waals surface area contributed by atoms with Crippen LogP contribution >= 0.6 is 23.2 Å². The number of amides is 1. The summed E-state index contributed by atoms with van der Waals surface area (Å²) in [6, 6.07) is 11.8. The molecule has 27 heavy (non-hydrogen) atoms. The van der Waals surface area contributed by atoms with E-state index in [1.807, 2.05) is 13.0 Å². The molecule has 144 valence electrons. The predicted molar refractivity (Wildman–Crippen MR) is 107 cm³/mol. The van der Waals surface area contributed by atoms with Crippen LogP contribution in [0.25, 0.3) is 0 Å². The van der Waals surface area contributed by atoms with Crippen molar-refractivity contribution < 1.29 is 14.1 Å². The van der Waals surface area contributed by atoms with E-state index in [4.69, 9.17) is 23.2 Å². The van der Waals surface area contributed by atoms with Crippen LogP contribution in [0.15, 0.2) is 42.5 Å². The number of rotatable bonds is 5. The number of anilines is 1. The van der Waals surface area contributed by atoms with Crippen molar-refractivity contribution in [1.29, 1.82) is 0 Å². The van der Waals surface area contributed by atoms with E-state index in [2.05, 4.69) is 10.2 Å². The third-order valence-corrected chi connectivity index (χ3v) is 5.63. The Morgan fingerprint density at radius 1 is 1.15 bits per heavy atom. The summed E-state index contributed by atoms with van der Waals surface area (Å²) in [4.78, 5) is 15.9. The smallest absolute Gasteiger partial charge is 0.275 e. The highest BCUT2D eigenvalue weighted by atomic mass is 35.5. The summed E-state index contributed by atoms with van der Waals surface area (Å²) in [5.41, 5.74) is 1.95. The molecule has 1 amide bonds. The number of benzene rings is 2. The summed E-state index contributed by atoms with van der Waals surface area (Å²) in [6.45, 7) is 5.78. The van der Waals surface area contributed by atoms with Crippen LogP contribution in [0, 0.1) is 5.82 Å². The molecule has 2 N–H and O–H groups in total. The highest BCUT2D eigenvalue weighted by Gasteiger charge is 2.23. The van der Waals surface area contributed by atoms with Gasteiger partial charge in [0.2, 0.25) is 0 Å².